The van der Waals surface area contributed by atoms with Crippen LogP contribution in [0.15, 0.2) is 59.5 Å². The summed E-state index contributed by atoms with van der Waals surface area (Å²) >= 11 is 0. The largest absolute Gasteiger partial charge is 0.493 e. The van der Waals surface area contributed by atoms with Gasteiger partial charge in [0.2, 0.25) is 5.91 Å². The number of amides is 1. The summed E-state index contributed by atoms with van der Waals surface area (Å²) in [6.45, 7) is 4.35. The van der Waals surface area contributed by atoms with Crippen LogP contribution < -0.4 is 10.1 Å². The molecule has 128 valence electrons. The number of ether oxygens (including phenoxy) is 1. The van der Waals surface area contributed by atoms with E-state index in [4.69, 9.17) is 9.15 Å². The average molecular weight is 336 g/mol. The molecule has 3 aromatic rings. The van der Waals surface area contributed by atoms with Crippen molar-refractivity contribution in [2.75, 3.05) is 11.9 Å². The van der Waals surface area contributed by atoms with E-state index in [1.54, 1.807) is 6.20 Å². The molecule has 0 saturated carbocycles. The number of oxazole rings is 1. The minimum absolute atomic E-state index is 0.0854. The number of benzene rings is 2. The number of carbonyl (C=O) groups excluding carboxylic acids is 1. The molecule has 0 fully saturated rings. The van der Waals surface area contributed by atoms with Crippen LogP contribution in [0.5, 0.6) is 5.75 Å². The van der Waals surface area contributed by atoms with E-state index in [0.717, 1.165) is 28.1 Å². The molecule has 0 atom stereocenters. The van der Waals surface area contributed by atoms with Crippen molar-refractivity contribution in [3.8, 4) is 17.1 Å². The van der Waals surface area contributed by atoms with Crippen molar-refractivity contribution in [2.24, 2.45) is 0 Å². The number of aryl methyl sites for hydroxylation is 2. The SMILES string of the molecule is Cc1ccc(C)c(OCCC(=O)Nc2ccc(-c3cnco3)cc2)c1. The number of carbonyl (C=O) groups is 1. The molecule has 0 aliphatic rings. The van der Waals surface area contributed by atoms with Gasteiger partial charge in [-0.25, -0.2) is 4.98 Å². The highest BCUT2D eigenvalue weighted by molar-refractivity contribution is 5.91. The number of aromatic nitrogens is 1. The van der Waals surface area contributed by atoms with Gasteiger partial charge in [0.15, 0.2) is 12.2 Å². The van der Waals surface area contributed by atoms with E-state index in [-0.39, 0.29) is 12.3 Å². The van der Waals surface area contributed by atoms with Gasteiger partial charge >= 0.3 is 0 Å². The molecule has 1 heterocycles. The topological polar surface area (TPSA) is 64.4 Å². The zero-order valence-electron chi connectivity index (χ0n) is 14.3. The fourth-order valence-corrected chi connectivity index (χ4v) is 2.42. The van der Waals surface area contributed by atoms with Crippen LogP contribution in [-0.2, 0) is 4.79 Å². The molecular weight excluding hydrogens is 316 g/mol. The molecule has 0 radical (unpaired) electrons. The fourth-order valence-electron chi connectivity index (χ4n) is 2.42. The number of nitrogens with zero attached hydrogens (tertiary/aromatic N) is 1. The zero-order chi connectivity index (χ0) is 17.6. The minimum atomic E-state index is -0.0854. The maximum absolute atomic E-state index is 12.0. The second-order valence-corrected chi connectivity index (χ2v) is 5.86. The van der Waals surface area contributed by atoms with Crippen molar-refractivity contribution in [2.45, 2.75) is 20.3 Å². The molecule has 0 aliphatic carbocycles. The predicted octanol–water partition coefficient (Wildman–Crippen LogP) is 4.37. The van der Waals surface area contributed by atoms with Crippen molar-refractivity contribution in [1.29, 1.82) is 0 Å². The first-order valence-corrected chi connectivity index (χ1v) is 8.10. The normalized spacial score (nSPS) is 10.5. The summed E-state index contributed by atoms with van der Waals surface area (Å²) in [5, 5.41) is 2.86. The van der Waals surface area contributed by atoms with Gasteiger partial charge in [0, 0.05) is 11.3 Å². The van der Waals surface area contributed by atoms with Gasteiger partial charge in [-0.3, -0.25) is 4.79 Å². The van der Waals surface area contributed by atoms with Crippen LogP contribution >= 0.6 is 0 Å². The average Bonchev–Trinajstić information content (AvgIpc) is 3.13. The maximum atomic E-state index is 12.0. The number of nitrogens with one attached hydrogen (secondary N) is 1. The lowest BCUT2D eigenvalue weighted by Crippen LogP contribution is -2.15. The zero-order valence-corrected chi connectivity index (χ0v) is 14.3. The van der Waals surface area contributed by atoms with Crippen molar-refractivity contribution >= 4 is 11.6 Å². The van der Waals surface area contributed by atoms with Crippen molar-refractivity contribution in [1.82, 2.24) is 4.98 Å². The van der Waals surface area contributed by atoms with E-state index in [2.05, 4.69) is 10.3 Å². The predicted molar refractivity (Wildman–Crippen MR) is 96.6 cm³/mol. The third kappa shape index (κ3) is 4.47. The number of rotatable bonds is 6. The lowest BCUT2D eigenvalue weighted by molar-refractivity contribution is -0.116. The monoisotopic (exact) mass is 336 g/mol. The molecule has 0 spiro atoms. The summed E-state index contributed by atoms with van der Waals surface area (Å²) < 4.78 is 11.0. The lowest BCUT2D eigenvalue weighted by Gasteiger charge is -2.10. The quantitative estimate of drug-likeness (QED) is 0.726. The van der Waals surface area contributed by atoms with Crippen molar-refractivity contribution in [3.05, 3.63) is 66.2 Å². The van der Waals surface area contributed by atoms with Gasteiger partial charge < -0.3 is 14.5 Å². The van der Waals surface area contributed by atoms with E-state index in [9.17, 15) is 4.79 Å². The van der Waals surface area contributed by atoms with Crippen LogP contribution in [0, 0.1) is 13.8 Å². The van der Waals surface area contributed by atoms with Crippen LogP contribution in [-0.4, -0.2) is 17.5 Å². The first-order chi connectivity index (χ1) is 12.1. The Bertz CT molecular complexity index is 840. The van der Waals surface area contributed by atoms with Crippen LogP contribution in [0.3, 0.4) is 0 Å². The minimum Gasteiger partial charge on any atom is -0.493 e. The summed E-state index contributed by atoms with van der Waals surface area (Å²) in [6, 6.07) is 13.5. The van der Waals surface area contributed by atoms with Crippen LogP contribution in [0.2, 0.25) is 0 Å². The molecule has 3 rings (SSSR count). The Morgan fingerprint density at radius 3 is 2.68 bits per heavy atom. The summed E-state index contributed by atoms with van der Waals surface area (Å²) in [4.78, 5) is 15.9. The molecule has 1 N–H and O–H groups in total. The van der Waals surface area contributed by atoms with Gasteiger partial charge in [0.05, 0.1) is 19.2 Å². The molecule has 0 saturated heterocycles. The molecule has 1 aromatic heterocycles. The Labute approximate surface area is 146 Å². The molecule has 2 aromatic carbocycles. The van der Waals surface area contributed by atoms with Gasteiger partial charge in [-0.05, 0) is 55.3 Å². The van der Waals surface area contributed by atoms with Crippen LogP contribution in [0.25, 0.3) is 11.3 Å². The summed E-state index contributed by atoms with van der Waals surface area (Å²) in [5.41, 5.74) is 3.85. The van der Waals surface area contributed by atoms with Gasteiger partial charge in [0.1, 0.15) is 5.75 Å². The maximum Gasteiger partial charge on any atom is 0.227 e. The van der Waals surface area contributed by atoms with Crippen LogP contribution in [0.4, 0.5) is 5.69 Å². The first kappa shape index (κ1) is 16.8. The van der Waals surface area contributed by atoms with Gasteiger partial charge in [-0.1, -0.05) is 12.1 Å². The molecule has 0 bridgehead atoms. The molecule has 0 unspecified atom stereocenters. The third-order valence-electron chi connectivity index (χ3n) is 3.82. The van der Waals surface area contributed by atoms with E-state index < -0.39 is 0 Å². The van der Waals surface area contributed by atoms with E-state index in [0.29, 0.717) is 12.4 Å². The van der Waals surface area contributed by atoms with Gasteiger partial charge in [0.25, 0.3) is 0 Å². The summed E-state index contributed by atoms with van der Waals surface area (Å²) in [7, 11) is 0. The third-order valence-corrected chi connectivity index (χ3v) is 3.82. The van der Waals surface area contributed by atoms with E-state index >= 15 is 0 Å². The van der Waals surface area contributed by atoms with E-state index in [1.807, 2.05) is 56.3 Å². The molecule has 5 nitrogen and oxygen atoms in total. The molecule has 5 heteroatoms. The van der Waals surface area contributed by atoms with Crippen LogP contribution in [0.1, 0.15) is 17.5 Å². The Balaban J connectivity index is 1.50. The van der Waals surface area contributed by atoms with Crippen molar-refractivity contribution in [3.63, 3.8) is 0 Å². The Kier molecular flexibility index (Phi) is 5.14. The lowest BCUT2D eigenvalue weighted by atomic mass is 10.1. The summed E-state index contributed by atoms with van der Waals surface area (Å²) in [5.74, 6) is 1.43. The molecule has 0 aliphatic heterocycles. The second kappa shape index (κ2) is 7.66. The second-order valence-electron chi connectivity index (χ2n) is 5.86. The number of hydrogen-bond acceptors (Lipinski definition) is 4. The van der Waals surface area contributed by atoms with Gasteiger partial charge in [-0.2, -0.15) is 0 Å². The summed E-state index contributed by atoms with van der Waals surface area (Å²) in [6.07, 6.45) is 3.33. The standard InChI is InChI=1S/C20H20N2O3/c1-14-3-4-15(2)18(11-14)24-10-9-20(23)22-17-7-5-16(6-8-17)19-12-21-13-25-19/h3-8,11-13H,9-10H2,1-2H3,(H,22,23). The smallest absolute Gasteiger partial charge is 0.227 e. The number of hydrogen-bond donors (Lipinski definition) is 1. The Morgan fingerprint density at radius 1 is 1.16 bits per heavy atom. The molecular formula is C20H20N2O3. The first-order valence-electron chi connectivity index (χ1n) is 8.10. The van der Waals surface area contributed by atoms with Crippen molar-refractivity contribution < 1.29 is 13.9 Å². The highest BCUT2D eigenvalue weighted by atomic mass is 16.5. The van der Waals surface area contributed by atoms with E-state index in [1.165, 1.54) is 6.39 Å². The highest BCUT2D eigenvalue weighted by Gasteiger charge is 2.06. The van der Waals surface area contributed by atoms with Gasteiger partial charge in [-0.15, -0.1) is 0 Å². The number of anilines is 1. The fraction of sp³-hybridized carbons (Fsp3) is 0.200. The Hall–Kier alpha value is -3.08. The highest BCUT2D eigenvalue weighted by Crippen LogP contribution is 2.21. The molecule has 1 amide bonds. The molecule has 25 heavy (non-hydrogen) atoms. The Morgan fingerprint density at radius 2 is 1.96 bits per heavy atom.